The topological polar surface area (TPSA) is 130 Å². The van der Waals surface area contributed by atoms with E-state index in [0.717, 1.165) is 5.69 Å². The lowest BCUT2D eigenvalue weighted by Crippen LogP contribution is -2.64. The molecule has 4 N–H and O–H groups in total. The molecule has 5 unspecified atom stereocenters. The van der Waals surface area contributed by atoms with Crippen LogP contribution >= 0.6 is 0 Å². The van der Waals surface area contributed by atoms with Gasteiger partial charge in [0.15, 0.2) is 0 Å². The van der Waals surface area contributed by atoms with Crippen LogP contribution in [0.15, 0.2) is 6.20 Å². The Bertz CT molecular complexity index is 574. The standard InChI is InChI=1S/C16H29N3O6/c1-9-6-19(18-17-9)15(2,3)8-24-16(4,5)14-13(23)12(22)11(21)10(7-20)25-14/h6,10-14,20-23H,7-8H2,1-5H3. The minimum atomic E-state index is -1.43. The lowest BCUT2D eigenvalue weighted by atomic mass is 9.86. The van der Waals surface area contributed by atoms with Gasteiger partial charge in [0.25, 0.3) is 0 Å². The van der Waals surface area contributed by atoms with Crippen molar-refractivity contribution in [3.63, 3.8) is 0 Å². The molecule has 1 fully saturated rings. The lowest BCUT2D eigenvalue weighted by molar-refractivity contribution is -0.274. The lowest BCUT2D eigenvalue weighted by Gasteiger charge is -2.46. The van der Waals surface area contributed by atoms with Crippen LogP contribution in [-0.4, -0.2) is 84.8 Å². The van der Waals surface area contributed by atoms with E-state index < -0.39 is 48.3 Å². The predicted octanol–water partition coefficient (Wildman–Crippen LogP) is -1.04. The first-order chi connectivity index (χ1) is 11.5. The highest BCUT2D eigenvalue weighted by Crippen LogP contribution is 2.31. The summed E-state index contributed by atoms with van der Waals surface area (Å²) in [5.41, 5.74) is -0.686. The van der Waals surface area contributed by atoms with Gasteiger partial charge in [0.2, 0.25) is 0 Å². The molecule has 1 aliphatic rings. The van der Waals surface area contributed by atoms with Crippen molar-refractivity contribution in [2.75, 3.05) is 13.2 Å². The minimum Gasteiger partial charge on any atom is -0.394 e. The summed E-state index contributed by atoms with van der Waals surface area (Å²) in [6, 6.07) is 0. The summed E-state index contributed by atoms with van der Waals surface area (Å²) in [5.74, 6) is 0. The summed E-state index contributed by atoms with van der Waals surface area (Å²) in [6.45, 7) is 8.94. The smallest absolute Gasteiger partial charge is 0.115 e. The number of hydrogen-bond acceptors (Lipinski definition) is 8. The third kappa shape index (κ3) is 4.18. The summed E-state index contributed by atoms with van der Waals surface area (Å²) in [6.07, 6.45) is -4.23. The second-order valence-electron chi connectivity index (χ2n) is 7.76. The van der Waals surface area contributed by atoms with Crippen LogP contribution in [0.2, 0.25) is 0 Å². The molecule has 0 saturated carbocycles. The number of nitrogens with zero attached hydrogens (tertiary/aromatic N) is 3. The monoisotopic (exact) mass is 359 g/mol. The second kappa shape index (κ2) is 7.26. The van der Waals surface area contributed by atoms with E-state index in [0.29, 0.717) is 0 Å². The van der Waals surface area contributed by atoms with E-state index in [4.69, 9.17) is 9.47 Å². The van der Waals surface area contributed by atoms with Crippen LogP contribution in [0, 0.1) is 6.92 Å². The summed E-state index contributed by atoms with van der Waals surface area (Å²) >= 11 is 0. The fourth-order valence-electron chi connectivity index (χ4n) is 2.83. The van der Waals surface area contributed by atoms with E-state index in [1.807, 2.05) is 27.0 Å². The molecule has 0 amide bonds. The number of ether oxygens (including phenoxy) is 2. The van der Waals surface area contributed by atoms with Crippen LogP contribution < -0.4 is 0 Å². The first-order valence-corrected chi connectivity index (χ1v) is 8.33. The Kier molecular flexibility index (Phi) is 5.87. The molecule has 25 heavy (non-hydrogen) atoms. The molecular weight excluding hydrogens is 330 g/mol. The van der Waals surface area contributed by atoms with Gasteiger partial charge in [-0.3, -0.25) is 0 Å². The summed E-state index contributed by atoms with van der Waals surface area (Å²) < 4.78 is 13.3. The van der Waals surface area contributed by atoms with Crippen LogP contribution in [0.3, 0.4) is 0 Å². The average Bonchev–Trinajstić information content (AvgIpc) is 2.98. The largest absolute Gasteiger partial charge is 0.394 e. The van der Waals surface area contributed by atoms with Crippen LogP contribution in [0.25, 0.3) is 0 Å². The molecule has 0 bridgehead atoms. The van der Waals surface area contributed by atoms with Crippen molar-refractivity contribution in [3.8, 4) is 0 Å². The predicted molar refractivity (Wildman–Crippen MR) is 87.9 cm³/mol. The Hall–Kier alpha value is -1.10. The number of aliphatic hydroxyl groups is 4. The Labute approximate surface area is 147 Å². The molecule has 0 aromatic carbocycles. The summed E-state index contributed by atoms with van der Waals surface area (Å²) in [4.78, 5) is 0. The fraction of sp³-hybridized carbons (Fsp3) is 0.875. The Balaban J connectivity index is 2.09. The number of rotatable bonds is 6. The molecule has 1 aromatic heterocycles. The highest BCUT2D eigenvalue weighted by atomic mass is 16.6. The minimum absolute atomic E-state index is 0.248. The third-order valence-electron chi connectivity index (χ3n) is 4.60. The molecule has 9 heteroatoms. The fourth-order valence-corrected chi connectivity index (χ4v) is 2.83. The maximum atomic E-state index is 10.3. The van der Waals surface area contributed by atoms with Crippen molar-refractivity contribution in [1.29, 1.82) is 0 Å². The van der Waals surface area contributed by atoms with Crippen molar-refractivity contribution >= 4 is 0 Å². The molecule has 0 spiro atoms. The van der Waals surface area contributed by atoms with Crippen molar-refractivity contribution < 1.29 is 29.9 Å². The normalized spacial score (nSPS) is 31.3. The van der Waals surface area contributed by atoms with Crippen LogP contribution in [0.1, 0.15) is 33.4 Å². The molecule has 1 aliphatic heterocycles. The molecule has 0 radical (unpaired) electrons. The van der Waals surface area contributed by atoms with E-state index in [9.17, 15) is 20.4 Å². The third-order valence-corrected chi connectivity index (χ3v) is 4.60. The van der Waals surface area contributed by atoms with E-state index in [-0.39, 0.29) is 6.61 Å². The van der Waals surface area contributed by atoms with Crippen LogP contribution in [0.4, 0.5) is 0 Å². The van der Waals surface area contributed by atoms with Crippen LogP contribution in [-0.2, 0) is 15.0 Å². The number of aromatic nitrogens is 3. The van der Waals surface area contributed by atoms with Crippen molar-refractivity contribution in [3.05, 3.63) is 11.9 Å². The number of hydrogen-bond donors (Lipinski definition) is 4. The van der Waals surface area contributed by atoms with Crippen molar-refractivity contribution in [2.45, 2.75) is 76.3 Å². The van der Waals surface area contributed by atoms with Gasteiger partial charge in [-0.05, 0) is 34.6 Å². The van der Waals surface area contributed by atoms with Gasteiger partial charge in [-0.1, -0.05) is 5.21 Å². The highest BCUT2D eigenvalue weighted by Gasteiger charge is 2.50. The number of aryl methyl sites for hydroxylation is 1. The molecule has 9 nitrogen and oxygen atoms in total. The van der Waals surface area contributed by atoms with Crippen molar-refractivity contribution in [1.82, 2.24) is 15.0 Å². The molecule has 2 heterocycles. The maximum absolute atomic E-state index is 10.3. The molecule has 1 aromatic rings. The van der Waals surface area contributed by atoms with Gasteiger partial charge in [0.05, 0.1) is 30.0 Å². The van der Waals surface area contributed by atoms with Gasteiger partial charge < -0.3 is 29.9 Å². The molecular formula is C16H29N3O6. The Morgan fingerprint density at radius 1 is 1.16 bits per heavy atom. The van der Waals surface area contributed by atoms with Gasteiger partial charge in [-0.25, -0.2) is 4.68 Å². The molecule has 5 atom stereocenters. The van der Waals surface area contributed by atoms with Gasteiger partial charge >= 0.3 is 0 Å². The quantitative estimate of drug-likeness (QED) is 0.507. The van der Waals surface area contributed by atoms with E-state index in [1.54, 1.807) is 18.5 Å². The molecule has 1 saturated heterocycles. The maximum Gasteiger partial charge on any atom is 0.115 e. The van der Waals surface area contributed by atoms with Crippen molar-refractivity contribution in [2.24, 2.45) is 0 Å². The van der Waals surface area contributed by atoms with E-state index in [1.165, 1.54) is 0 Å². The van der Waals surface area contributed by atoms with Gasteiger partial charge in [0.1, 0.15) is 30.5 Å². The SMILES string of the molecule is Cc1cn(C(C)(C)COC(C)(C)C2OC(CO)C(O)C(O)C2O)nn1. The Morgan fingerprint density at radius 3 is 2.32 bits per heavy atom. The number of aliphatic hydroxyl groups excluding tert-OH is 4. The highest BCUT2D eigenvalue weighted by molar-refractivity contribution is 4.99. The molecule has 144 valence electrons. The first-order valence-electron chi connectivity index (χ1n) is 8.33. The Morgan fingerprint density at radius 2 is 1.80 bits per heavy atom. The van der Waals surface area contributed by atoms with E-state index >= 15 is 0 Å². The zero-order valence-corrected chi connectivity index (χ0v) is 15.3. The molecule has 2 rings (SSSR count). The second-order valence-corrected chi connectivity index (χ2v) is 7.76. The van der Waals surface area contributed by atoms with Gasteiger partial charge in [-0.15, -0.1) is 5.10 Å². The van der Waals surface area contributed by atoms with Crippen LogP contribution in [0.5, 0.6) is 0 Å². The molecule has 0 aliphatic carbocycles. The summed E-state index contributed by atoms with van der Waals surface area (Å²) in [5, 5.41) is 47.5. The average molecular weight is 359 g/mol. The zero-order valence-electron chi connectivity index (χ0n) is 15.3. The first kappa shape index (κ1) is 20.2. The zero-order chi connectivity index (χ0) is 19.0. The van der Waals surface area contributed by atoms with Gasteiger partial charge in [0, 0.05) is 6.20 Å². The van der Waals surface area contributed by atoms with E-state index in [2.05, 4.69) is 10.3 Å². The summed E-state index contributed by atoms with van der Waals surface area (Å²) in [7, 11) is 0. The van der Waals surface area contributed by atoms with Gasteiger partial charge in [-0.2, -0.15) is 0 Å².